The third-order valence-corrected chi connectivity index (χ3v) is 4.42. The summed E-state index contributed by atoms with van der Waals surface area (Å²) in [5.41, 5.74) is -0.00542. The summed E-state index contributed by atoms with van der Waals surface area (Å²) in [5, 5.41) is 15.0. The van der Waals surface area contributed by atoms with Crippen molar-refractivity contribution in [1.82, 2.24) is 15.1 Å². The predicted octanol–water partition coefficient (Wildman–Crippen LogP) is 5.39. The van der Waals surface area contributed by atoms with Crippen LogP contribution in [0.4, 0.5) is 10.6 Å². The van der Waals surface area contributed by atoms with Crippen LogP contribution < -0.4 is 4.90 Å². The van der Waals surface area contributed by atoms with Crippen LogP contribution in [0.1, 0.15) is 41.5 Å². The van der Waals surface area contributed by atoms with E-state index in [2.05, 4.69) is 31.1 Å². The Kier molecular flexibility index (Phi) is 7.20. The molecule has 0 aliphatic rings. The number of aliphatic hydroxyl groups excluding tert-OH is 1. The lowest BCUT2D eigenvalue weighted by Gasteiger charge is -2.33. The molecule has 1 unspecified atom stereocenters. The Hall–Kier alpha value is -2.82. The summed E-state index contributed by atoms with van der Waals surface area (Å²) < 4.78 is 17.1. The molecule has 10 heteroatoms. The van der Waals surface area contributed by atoms with E-state index >= 15 is 0 Å². The molecule has 9 nitrogen and oxygen atoms in total. The van der Waals surface area contributed by atoms with E-state index in [0.717, 1.165) is 10.5 Å². The molecule has 2 heterocycles. The Morgan fingerprint density at radius 2 is 1.79 bits per heavy atom. The minimum atomic E-state index is -1.70. The second-order valence-electron chi connectivity index (χ2n) is 9.21. The molecule has 3 rings (SSSR count). The molecule has 0 radical (unpaired) electrons. The van der Waals surface area contributed by atoms with E-state index in [1.165, 1.54) is 6.20 Å². The average Bonchev–Trinajstić information content (AvgIpc) is 3.17. The molecule has 2 aromatic heterocycles. The summed E-state index contributed by atoms with van der Waals surface area (Å²) in [5.74, 6) is 0.231. The molecule has 0 fully saturated rings. The van der Waals surface area contributed by atoms with Gasteiger partial charge in [-0.3, -0.25) is 0 Å². The van der Waals surface area contributed by atoms with Crippen LogP contribution in [-0.4, -0.2) is 43.9 Å². The van der Waals surface area contributed by atoms with Crippen LogP contribution in [0.5, 0.6) is 0 Å². The molecule has 1 aromatic carbocycles. The van der Waals surface area contributed by atoms with Crippen LogP contribution in [-0.2, 0) is 9.47 Å². The standard InChI is InChI=1S/C23H27BrN4O5/c1-22(2,3)31-20(29)28(21(30)32-23(4,5)6)19-18(26-17(24)13-25-19)16-12-15(27-33-16)14-10-8-7-9-11-14/h7-13,20,29H,1-6H3. The molecule has 0 aliphatic carbocycles. The maximum atomic E-state index is 13.1. The van der Waals surface area contributed by atoms with Crippen LogP contribution in [0, 0.1) is 0 Å². The van der Waals surface area contributed by atoms with Crippen LogP contribution in [0.15, 0.2) is 51.7 Å². The van der Waals surface area contributed by atoms with Gasteiger partial charge in [-0.25, -0.2) is 19.7 Å². The lowest BCUT2D eigenvalue weighted by Crippen LogP contribution is -2.48. The normalized spacial score (nSPS) is 13.0. The number of ether oxygens (including phenoxy) is 2. The second kappa shape index (κ2) is 9.58. The van der Waals surface area contributed by atoms with E-state index in [4.69, 9.17) is 14.0 Å². The molecule has 0 spiro atoms. The largest absolute Gasteiger partial charge is 0.443 e. The summed E-state index contributed by atoms with van der Waals surface area (Å²) in [6, 6.07) is 11.1. The Morgan fingerprint density at radius 1 is 1.12 bits per heavy atom. The summed E-state index contributed by atoms with van der Waals surface area (Å²) in [6.07, 6.45) is -1.17. The van der Waals surface area contributed by atoms with Gasteiger partial charge in [-0.05, 0) is 57.5 Å². The van der Waals surface area contributed by atoms with Crippen molar-refractivity contribution < 1.29 is 23.9 Å². The van der Waals surface area contributed by atoms with Gasteiger partial charge in [0.15, 0.2) is 17.3 Å². The monoisotopic (exact) mass is 518 g/mol. The number of benzene rings is 1. The summed E-state index contributed by atoms with van der Waals surface area (Å²) in [7, 11) is 0. The van der Waals surface area contributed by atoms with Crippen LogP contribution >= 0.6 is 15.9 Å². The summed E-state index contributed by atoms with van der Waals surface area (Å²) in [4.78, 5) is 22.8. The molecule has 0 aliphatic heterocycles. The zero-order chi connectivity index (χ0) is 24.4. The van der Waals surface area contributed by atoms with Gasteiger partial charge in [-0.15, -0.1) is 0 Å². The van der Waals surface area contributed by atoms with Crippen LogP contribution in [0.3, 0.4) is 0 Å². The highest BCUT2D eigenvalue weighted by Crippen LogP contribution is 2.33. The summed E-state index contributed by atoms with van der Waals surface area (Å²) >= 11 is 3.30. The van der Waals surface area contributed by atoms with E-state index < -0.39 is 23.7 Å². The fourth-order valence-electron chi connectivity index (χ4n) is 2.80. The van der Waals surface area contributed by atoms with E-state index in [0.29, 0.717) is 10.3 Å². The van der Waals surface area contributed by atoms with Crippen molar-refractivity contribution >= 4 is 27.8 Å². The van der Waals surface area contributed by atoms with Gasteiger partial charge < -0.3 is 19.1 Å². The zero-order valence-electron chi connectivity index (χ0n) is 19.4. The zero-order valence-corrected chi connectivity index (χ0v) is 21.0. The van der Waals surface area contributed by atoms with Gasteiger partial charge in [0.25, 0.3) is 0 Å². The number of aromatic nitrogens is 3. The highest BCUT2D eigenvalue weighted by atomic mass is 79.9. The number of halogens is 1. The molecular formula is C23H27BrN4O5. The van der Waals surface area contributed by atoms with E-state index in [-0.39, 0.29) is 17.3 Å². The molecule has 1 atom stereocenters. The van der Waals surface area contributed by atoms with Crippen molar-refractivity contribution in [3.05, 3.63) is 47.2 Å². The Labute approximate surface area is 200 Å². The van der Waals surface area contributed by atoms with Crippen molar-refractivity contribution in [2.75, 3.05) is 4.90 Å². The smallest absolute Gasteiger partial charge is 0.420 e. The van der Waals surface area contributed by atoms with Crippen LogP contribution in [0.25, 0.3) is 22.7 Å². The fraction of sp³-hybridized carbons (Fsp3) is 0.391. The molecule has 1 N–H and O–H groups in total. The molecule has 0 bridgehead atoms. The van der Waals surface area contributed by atoms with Gasteiger partial charge in [-0.1, -0.05) is 35.5 Å². The van der Waals surface area contributed by atoms with E-state index in [1.807, 2.05) is 30.3 Å². The van der Waals surface area contributed by atoms with Crippen molar-refractivity contribution in [3.63, 3.8) is 0 Å². The Balaban J connectivity index is 2.10. The molecule has 0 saturated heterocycles. The quantitative estimate of drug-likeness (QED) is 0.447. The van der Waals surface area contributed by atoms with Gasteiger partial charge >= 0.3 is 6.09 Å². The Morgan fingerprint density at radius 3 is 2.39 bits per heavy atom. The molecule has 176 valence electrons. The lowest BCUT2D eigenvalue weighted by atomic mass is 10.1. The average molecular weight is 519 g/mol. The fourth-order valence-corrected chi connectivity index (χ4v) is 3.08. The molecule has 1 amide bonds. The number of nitrogens with zero attached hydrogens (tertiary/aromatic N) is 4. The first-order valence-electron chi connectivity index (χ1n) is 10.3. The SMILES string of the molecule is CC(C)(C)OC(=O)N(c1ncc(Br)nc1-c1cc(-c2ccccc2)no1)C(O)OC(C)(C)C. The predicted molar refractivity (Wildman–Crippen MR) is 126 cm³/mol. The number of anilines is 1. The number of carbonyl (C=O) groups is 1. The van der Waals surface area contributed by atoms with Gasteiger partial charge in [-0.2, -0.15) is 0 Å². The van der Waals surface area contributed by atoms with Crippen molar-refractivity contribution in [2.45, 2.75) is 59.2 Å². The minimum absolute atomic E-state index is 0.0139. The highest BCUT2D eigenvalue weighted by molar-refractivity contribution is 9.10. The number of rotatable bonds is 5. The molecule has 0 saturated carbocycles. The Bertz CT molecular complexity index is 1110. The van der Waals surface area contributed by atoms with Gasteiger partial charge in [0, 0.05) is 11.6 Å². The molecule has 33 heavy (non-hydrogen) atoms. The van der Waals surface area contributed by atoms with Crippen molar-refractivity contribution in [2.24, 2.45) is 0 Å². The van der Waals surface area contributed by atoms with E-state index in [1.54, 1.807) is 47.6 Å². The second-order valence-corrected chi connectivity index (χ2v) is 10.0. The number of hydrogen-bond acceptors (Lipinski definition) is 8. The third kappa shape index (κ3) is 6.59. The maximum absolute atomic E-state index is 13.1. The van der Waals surface area contributed by atoms with Crippen molar-refractivity contribution in [1.29, 1.82) is 0 Å². The number of carbonyl (C=O) groups excluding carboxylic acids is 1. The topological polar surface area (TPSA) is 111 Å². The van der Waals surface area contributed by atoms with E-state index in [9.17, 15) is 9.90 Å². The first-order chi connectivity index (χ1) is 15.3. The van der Waals surface area contributed by atoms with Gasteiger partial charge in [0.2, 0.25) is 6.41 Å². The first kappa shape index (κ1) is 24.8. The summed E-state index contributed by atoms with van der Waals surface area (Å²) in [6.45, 7) is 10.4. The van der Waals surface area contributed by atoms with Gasteiger partial charge in [0.05, 0.1) is 11.8 Å². The molecule has 3 aromatic rings. The van der Waals surface area contributed by atoms with Crippen molar-refractivity contribution in [3.8, 4) is 22.7 Å². The number of aliphatic hydroxyl groups is 1. The third-order valence-electron chi connectivity index (χ3n) is 4.04. The first-order valence-corrected chi connectivity index (χ1v) is 11.1. The number of hydrogen-bond donors (Lipinski definition) is 1. The lowest BCUT2D eigenvalue weighted by molar-refractivity contribution is -0.163. The maximum Gasteiger partial charge on any atom is 0.420 e. The molecular weight excluding hydrogens is 492 g/mol. The van der Waals surface area contributed by atoms with Crippen LogP contribution in [0.2, 0.25) is 0 Å². The minimum Gasteiger partial charge on any atom is -0.443 e. The van der Waals surface area contributed by atoms with Gasteiger partial charge in [0.1, 0.15) is 15.9 Å². The number of amides is 1. The highest BCUT2D eigenvalue weighted by Gasteiger charge is 2.36.